The van der Waals surface area contributed by atoms with Crippen LogP contribution in [0.15, 0.2) is 24.3 Å². The van der Waals surface area contributed by atoms with E-state index >= 15 is 0 Å². The van der Waals surface area contributed by atoms with E-state index < -0.39 is 4.92 Å². The lowest BCUT2D eigenvalue weighted by molar-refractivity contribution is -0.384. The van der Waals surface area contributed by atoms with E-state index in [2.05, 4.69) is 5.10 Å². The second kappa shape index (κ2) is 6.45. The molecule has 0 fully saturated rings. The van der Waals surface area contributed by atoms with Crippen molar-refractivity contribution in [2.24, 2.45) is 7.05 Å². The van der Waals surface area contributed by atoms with E-state index in [0.717, 1.165) is 15.9 Å². The van der Waals surface area contributed by atoms with Crippen LogP contribution in [0.1, 0.15) is 20.9 Å². The summed E-state index contributed by atoms with van der Waals surface area (Å²) in [5, 5.41) is 16.6. The number of nitro benzene ring substituents is 1. The molecule has 1 aromatic carbocycles. The number of benzene rings is 1. The summed E-state index contributed by atoms with van der Waals surface area (Å²) in [7, 11) is 3.49. The van der Waals surface area contributed by atoms with Crippen molar-refractivity contribution >= 4 is 44.7 Å². The molecule has 0 N–H and O–H groups in total. The summed E-state index contributed by atoms with van der Waals surface area (Å²) in [6, 6.07) is 6.04. The number of hydrogen-bond acceptors (Lipinski definition) is 5. The number of amides is 1. The van der Waals surface area contributed by atoms with Crippen LogP contribution >= 0.6 is 22.9 Å². The summed E-state index contributed by atoms with van der Waals surface area (Å²) in [5.41, 5.74) is 1.35. The Bertz CT molecular complexity index is 960. The molecule has 0 bridgehead atoms. The normalized spacial score (nSPS) is 11.0. The predicted octanol–water partition coefficient (Wildman–Crippen LogP) is 3.78. The van der Waals surface area contributed by atoms with Crippen LogP contribution in [0.5, 0.6) is 0 Å². The Balaban J connectivity index is 1.86. The third-order valence-corrected chi connectivity index (χ3v) is 5.46. The zero-order valence-electron chi connectivity index (χ0n) is 13.8. The Labute approximate surface area is 152 Å². The molecule has 0 aliphatic carbocycles. The van der Waals surface area contributed by atoms with Gasteiger partial charge in [0.1, 0.15) is 4.83 Å². The third kappa shape index (κ3) is 3.22. The molecule has 2 heterocycles. The van der Waals surface area contributed by atoms with Crippen LogP contribution in [0.4, 0.5) is 5.69 Å². The Kier molecular flexibility index (Phi) is 4.49. The van der Waals surface area contributed by atoms with Gasteiger partial charge in [-0.25, -0.2) is 0 Å². The van der Waals surface area contributed by atoms with Gasteiger partial charge in [0.15, 0.2) is 0 Å². The molecule has 25 heavy (non-hydrogen) atoms. The molecule has 0 aliphatic rings. The van der Waals surface area contributed by atoms with Gasteiger partial charge in [0, 0.05) is 43.2 Å². The van der Waals surface area contributed by atoms with Gasteiger partial charge in [0.2, 0.25) is 0 Å². The molecule has 0 saturated carbocycles. The minimum absolute atomic E-state index is 0.0520. The lowest BCUT2D eigenvalue weighted by Crippen LogP contribution is -2.25. The predicted molar refractivity (Wildman–Crippen MR) is 97.2 cm³/mol. The van der Waals surface area contributed by atoms with Crippen LogP contribution in [0.25, 0.3) is 10.2 Å². The van der Waals surface area contributed by atoms with Gasteiger partial charge in [0.25, 0.3) is 11.6 Å². The molecule has 0 aliphatic heterocycles. The Morgan fingerprint density at radius 3 is 2.80 bits per heavy atom. The van der Waals surface area contributed by atoms with Crippen LogP contribution < -0.4 is 0 Å². The van der Waals surface area contributed by atoms with E-state index in [1.54, 1.807) is 11.7 Å². The van der Waals surface area contributed by atoms with E-state index in [1.165, 1.54) is 34.4 Å². The van der Waals surface area contributed by atoms with Gasteiger partial charge >= 0.3 is 0 Å². The fourth-order valence-electron chi connectivity index (χ4n) is 2.62. The van der Waals surface area contributed by atoms with Crippen LogP contribution in [-0.4, -0.2) is 32.6 Å². The van der Waals surface area contributed by atoms with Crippen molar-refractivity contribution in [2.75, 3.05) is 7.05 Å². The molecule has 3 rings (SSSR count). The van der Waals surface area contributed by atoms with Gasteiger partial charge in [0.05, 0.1) is 15.5 Å². The number of nitrogens with zero attached hydrogens (tertiary/aromatic N) is 4. The number of aryl methyl sites for hydroxylation is 2. The fourth-order valence-corrected chi connectivity index (χ4v) is 3.92. The minimum atomic E-state index is -0.483. The number of carbonyl (C=O) groups is 1. The summed E-state index contributed by atoms with van der Waals surface area (Å²) >= 11 is 7.49. The standard InChI is InChI=1S/C16H15ClN4O3S/c1-9-12-7-14(25-16(12)20(3)18-9)15(22)19(2)8-10-6-11(21(23)24)4-5-13(10)17/h4-7H,8H2,1-3H3. The highest BCUT2D eigenvalue weighted by atomic mass is 35.5. The molecule has 0 radical (unpaired) electrons. The maximum atomic E-state index is 12.7. The molecular weight excluding hydrogens is 364 g/mol. The average molecular weight is 379 g/mol. The Hall–Kier alpha value is -2.45. The number of hydrogen-bond donors (Lipinski definition) is 0. The minimum Gasteiger partial charge on any atom is -0.337 e. The van der Waals surface area contributed by atoms with Crippen molar-refractivity contribution in [1.29, 1.82) is 0 Å². The molecule has 9 heteroatoms. The smallest absolute Gasteiger partial charge is 0.269 e. The third-order valence-electron chi connectivity index (χ3n) is 3.90. The molecule has 130 valence electrons. The first kappa shape index (κ1) is 17.4. The van der Waals surface area contributed by atoms with Crippen LogP contribution in [0.3, 0.4) is 0 Å². The molecule has 2 aromatic heterocycles. The van der Waals surface area contributed by atoms with Crippen molar-refractivity contribution in [3.63, 3.8) is 0 Å². The van der Waals surface area contributed by atoms with E-state index in [4.69, 9.17) is 11.6 Å². The maximum Gasteiger partial charge on any atom is 0.269 e. The maximum absolute atomic E-state index is 12.7. The van der Waals surface area contributed by atoms with Gasteiger partial charge in [-0.3, -0.25) is 19.6 Å². The number of fused-ring (bicyclic) bond motifs is 1. The van der Waals surface area contributed by atoms with Crippen molar-refractivity contribution in [3.8, 4) is 0 Å². The average Bonchev–Trinajstić information content (AvgIpc) is 3.10. The zero-order chi connectivity index (χ0) is 18.3. The van der Waals surface area contributed by atoms with Crippen molar-refractivity contribution in [2.45, 2.75) is 13.5 Å². The van der Waals surface area contributed by atoms with Crippen LogP contribution in [-0.2, 0) is 13.6 Å². The van der Waals surface area contributed by atoms with E-state index in [-0.39, 0.29) is 18.1 Å². The molecule has 0 spiro atoms. The zero-order valence-corrected chi connectivity index (χ0v) is 15.4. The molecule has 0 unspecified atom stereocenters. The van der Waals surface area contributed by atoms with Crippen LogP contribution in [0, 0.1) is 17.0 Å². The highest BCUT2D eigenvalue weighted by Crippen LogP contribution is 2.29. The SMILES string of the molecule is Cc1nn(C)c2sc(C(=O)N(C)Cc3cc([N+](=O)[O-])ccc3Cl)cc12. The molecule has 3 aromatic rings. The van der Waals surface area contributed by atoms with Gasteiger partial charge in [-0.05, 0) is 24.6 Å². The largest absolute Gasteiger partial charge is 0.337 e. The van der Waals surface area contributed by atoms with Crippen molar-refractivity contribution in [1.82, 2.24) is 14.7 Å². The van der Waals surface area contributed by atoms with Gasteiger partial charge in [-0.15, -0.1) is 11.3 Å². The van der Waals surface area contributed by atoms with Gasteiger partial charge in [-0.2, -0.15) is 5.10 Å². The quantitative estimate of drug-likeness (QED) is 0.511. The van der Waals surface area contributed by atoms with Crippen LogP contribution in [0.2, 0.25) is 5.02 Å². The summed E-state index contributed by atoms with van der Waals surface area (Å²) in [6.45, 7) is 2.08. The second-order valence-electron chi connectivity index (χ2n) is 5.73. The lowest BCUT2D eigenvalue weighted by atomic mass is 10.2. The highest BCUT2D eigenvalue weighted by Gasteiger charge is 2.20. The Morgan fingerprint density at radius 1 is 1.44 bits per heavy atom. The summed E-state index contributed by atoms with van der Waals surface area (Å²) < 4.78 is 1.75. The van der Waals surface area contributed by atoms with E-state index in [9.17, 15) is 14.9 Å². The number of aromatic nitrogens is 2. The molecular formula is C16H15ClN4O3S. The van der Waals surface area contributed by atoms with Crippen molar-refractivity contribution < 1.29 is 9.72 Å². The molecule has 7 nitrogen and oxygen atoms in total. The summed E-state index contributed by atoms with van der Waals surface area (Å²) in [6.07, 6.45) is 0. The number of rotatable bonds is 4. The summed E-state index contributed by atoms with van der Waals surface area (Å²) in [4.78, 5) is 26.2. The highest BCUT2D eigenvalue weighted by molar-refractivity contribution is 7.20. The number of nitro groups is 1. The first-order valence-electron chi connectivity index (χ1n) is 7.39. The molecule has 0 saturated heterocycles. The monoisotopic (exact) mass is 378 g/mol. The van der Waals surface area contributed by atoms with Gasteiger partial charge < -0.3 is 4.90 Å². The number of halogens is 1. The summed E-state index contributed by atoms with van der Waals surface area (Å²) in [5.74, 6) is -0.164. The molecule has 1 amide bonds. The van der Waals surface area contributed by atoms with E-state index in [0.29, 0.717) is 15.5 Å². The van der Waals surface area contributed by atoms with Crippen molar-refractivity contribution in [3.05, 3.63) is 55.5 Å². The topological polar surface area (TPSA) is 81.3 Å². The fraction of sp³-hybridized carbons (Fsp3) is 0.250. The number of non-ortho nitro benzene ring substituents is 1. The first-order chi connectivity index (χ1) is 11.8. The number of carbonyl (C=O) groups excluding carboxylic acids is 1. The molecule has 0 atom stereocenters. The Morgan fingerprint density at radius 2 is 2.16 bits per heavy atom. The number of thiophene rings is 1. The van der Waals surface area contributed by atoms with Gasteiger partial charge in [-0.1, -0.05) is 11.6 Å². The lowest BCUT2D eigenvalue weighted by Gasteiger charge is -2.17. The van der Waals surface area contributed by atoms with E-state index in [1.807, 2.05) is 20.0 Å². The first-order valence-corrected chi connectivity index (χ1v) is 8.58. The second-order valence-corrected chi connectivity index (χ2v) is 7.17.